The van der Waals surface area contributed by atoms with E-state index in [2.05, 4.69) is 20.8 Å². The van der Waals surface area contributed by atoms with Gasteiger partial charge < -0.3 is 29.7 Å². The number of carbonyl (C=O) groups is 3. The summed E-state index contributed by atoms with van der Waals surface area (Å²) in [4.78, 5) is 32.0. The molecule has 0 aliphatic heterocycles. The number of rotatable bonds is 18. The van der Waals surface area contributed by atoms with E-state index in [1.807, 2.05) is 13.8 Å². The molecule has 2 unspecified atom stereocenters. The maximum absolute atomic E-state index is 10.7. The van der Waals surface area contributed by atoms with E-state index >= 15 is 0 Å². The number of carboxylic acids is 3. The average molecular weight is 687 g/mol. The van der Waals surface area contributed by atoms with Crippen molar-refractivity contribution in [2.24, 2.45) is 16.2 Å². The molecule has 37 heavy (non-hydrogen) atoms. The van der Waals surface area contributed by atoms with Crippen molar-refractivity contribution in [3.8, 4) is 0 Å². The van der Waals surface area contributed by atoms with E-state index in [0.29, 0.717) is 12.8 Å². The van der Waals surface area contributed by atoms with Crippen LogP contribution in [0.2, 0.25) is 0 Å². The van der Waals surface area contributed by atoms with Gasteiger partial charge >= 0.3 is 46.9 Å². The van der Waals surface area contributed by atoms with Gasteiger partial charge in [-0.25, -0.2) is 0 Å². The number of aliphatic carboxylic acids is 3. The number of hydrogen-bond donors (Lipinski definition) is 0. The van der Waals surface area contributed by atoms with Crippen LogP contribution < -0.4 is 15.3 Å². The van der Waals surface area contributed by atoms with Gasteiger partial charge in [0.2, 0.25) is 0 Å². The Kier molecular flexibility index (Phi) is 29.6. The van der Waals surface area contributed by atoms with Crippen LogP contribution in [0.3, 0.4) is 0 Å². The maximum Gasteiger partial charge on any atom is 3.00 e. The number of carbonyl (C=O) groups excluding carboxylic acids is 3. The summed E-state index contributed by atoms with van der Waals surface area (Å²) in [7, 11) is 0. The van der Waals surface area contributed by atoms with Crippen LogP contribution in [-0.2, 0) is 14.4 Å². The van der Waals surface area contributed by atoms with Crippen LogP contribution in [0.5, 0.6) is 0 Å². The van der Waals surface area contributed by atoms with Crippen molar-refractivity contribution in [1.82, 2.24) is 0 Å². The van der Waals surface area contributed by atoms with Crippen molar-refractivity contribution >= 4 is 17.9 Å². The molecule has 0 aromatic heterocycles. The van der Waals surface area contributed by atoms with Crippen LogP contribution in [0.4, 0.5) is 0 Å². The third-order valence-corrected chi connectivity index (χ3v) is 7.42. The number of unbranched alkanes of at least 4 members (excludes halogenated alkanes) is 7. The predicted molar refractivity (Wildman–Crippen MR) is 143 cm³/mol. The van der Waals surface area contributed by atoms with Crippen LogP contribution >= 0.6 is 0 Å². The Balaban J connectivity index is -0.000000218. The van der Waals surface area contributed by atoms with E-state index < -0.39 is 34.2 Å². The molecule has 0 bridgehead atoms. The third kappa shape index (κ3) is 22.4. The second-order valence-electron chi connectivity index (χ2n) is 11.3. The molecule has 2 atom stereocenters. The van der Waals surface area contributed by atoms with Gasteiger partial charge in [0.25, 0.3) is 0 Å². The first kappa shape index (κ1) is 44.0. The molecular weight excluding hydrogens is 629 g/mol. The molecule has 0 aliphatic rings. The summed E-state index contributed by atoms with van der Waals surface area (Å²) in [6.07, 6.45) is 14.6. The van der Waals surface area contributed by atoms with Crippen molar-refractivity contribution in [2.45, 2.75) is 159 Å². The first-order valence-electron chi connectivity index (χ1n) is 14.3. The van der Waals surface area contributed by atoms with E-state index in [-0.39, 0.29) is 46.9 Å². The van der Waals surface area contributed by atoms with Gasteiger partial charge in [-0.05, 0) is 32.1 Å². The fourth-order valence-corrected chi connectivity index (χ4v) is 3.47. The van der Waals surface area contributed by atoms with E-state index in [9.17, 15) is 29.7 Å². The van der Waals surface area contributed by atoms with E-state index in [1.165, 1.54) is 12.8 Å². The Morgan fingerprint density at radius 2 is 0.784 bits per heavy atom. The molecular formula is C30H57O6Yb. The Hall–Kier alpha value is -0.0705. The molecule has 0 saturated carbocycles. The molecule has 7 heteroatoms. The molecule has 0 saturated heterocycles. The zero-order valence-corrected chi connectivity index (χ0v) is 27.0. The first-order valence-corrected chi connectivity index (χ1v) is 14.3. The van der Waals surface area contributed by atoms with Crippen molar-refractivity contribution in [1.29, 1.82) is 0 Å². The molecule has 0 amide bonds. The summed E-state index contributed by atoms with van der Waals surface area (Å²) in [5.41, 5.74) is -1.85. The Morgan fingerprint density at radius 1 is 0.486 bits per heavy atom. The van der Waals surface area contributed by atoms with Crippen molar-refractivity contribution in [3.63, 3.8) is 0 Å². The van der Waals surface area contributed by atoms with Crippen LogP contribution in [0.15, 0.2) is 0 Å². The Morgan fingerprint density at radius 3 is 1.03 bits per heavy atom. The second kappa shape index (κ2) is 24.9. The Bertz CT molecular complexity index is 559. The molecule has 0 fully saturated rings. The molecule has 0 aromatic rings. The monoisotopic (exact) mass is 687 g/mol. The third-order valence-electron chi connectivity index (χ3n) is 7.42. The zero-order valence-electron chi connectivity index (χ0n) is 25.3. The normalized spacial score (nSPS) is 13.9. The van der Waals surface area contributed by atoms with Gasteiger partial charge in [-0.15, -0.1) is 0 Å². The topological polar surface area (TPSA) is 120 Å². The van der Waals surface area contributed by atoms with Gasteiger partial charge in [0.05, 0.1) is 0 Å². The van der Waals surface area contributed by atoms with Crippen molar-refractivity contribution < 1.29 is 76.6 Å². The molecule has 1 radical (unpaired) electrons. The van der Waals surface area contributed by atoms with Crippen LogP contribution in [-0.4, -0.2) is 17.9 Å². The molecule has 0 spiro atoms. The summed E-state index contributed by atoms with van der Waals surface area (Å²) < 4.78 is 0. The minimum atomic E-state index is -0.931. The summed E-state index contributed by atoms with van der Waals surface area (Å²) in [5.74, 6) is -2.73. The van der Waals surface area contributed by atoms with Gasteiger partial charge in [-0.1, -0.05) is 127 Å². The second-order valence-corrected chi connectivity index (χ2v) is 11.3. The Labute approximate surface area is 267 Å². The summed E-state index contributed by atoms with van der Waals surface area (Å²) >= 11 is 0. The van der Waals surface area contributed by atoms with Crippen LogP contribution in [0.1, 0.15) is 159 Å². The predicted octanol–water partition coefficient (Wildman–Crippen LogP) is 5.20. The van der Waals surface area contributed by atoms with E-state index in [4.69, 9.17) is 0 Å². The van der Waals surface area contributed by atoms with E-state index in [1.54, 1.807) is 27.7 Å². The fraction of sp³-hybridized carbons (Fsp3) is 0.900. The maximum atomic E-state index is 10.7. The quantitative estimate of drug-likeness (QED) is 0.183. The molecule has 0 aromatic carbocycles. The number of carboxylic acid groups (broad SMARTS) is 3. The minimum absolute atomic E-state index is 0. The smallest absolute Gasteiger partial charge is 0.550 e. The van der Waals surface area contributed by atoms with E-state index in [0.717, 1.165) is 70.6 Å². The SMILES string of the molecule is CCCCCC(C)(CC)C(=O)[O-].CCCCCC(C)(CC)C(=O)[O-].CCCCCCC(C)(C)C(=O)[O-].[Yb+3]. The molecule has 227 valence electrons. The summed E-state index contributed by atoms with van der Waals surface area (Å²) in [6.45, 7) is 17.2. The molecule has 0 aliphatic carbocycles. The van der Waals surface area contributed by atoms with Gasteiger partial charge in [-0.3, -0.25) is 0 Å². The summed E-state index contributed by atoms with van der Waals surface area (Å²) in [5, 5.41) is 32.0. The van der Waals surface area contributed by atoms with Crippen molar-refractivity contribution in [3.05, 3.63) is 0 Å². The fourth-order valence-electron chi connectivity index (χ4n) is 3.47. The zero-order chi connectivity index (χ0) is 28.8. The average Bonchev–Trinajstić information content (AvgIpc) is 2.82. The van der Waals surface area contributed by atoms with Gasteiger partial charge in [0.1, 0.15) is 0 Å². The van der Waals surface area contributed by atoms with Crippen LogP contribution in [0, 0.1) is 63.2 Å². The number of hydrogen-bond acceptors (Lipinski definition) is 6. The van der Waals surface area contributed by atoms with Gasteiger partial charge in [0, 0.05) is 34.2 Å². The summed E-state index contributed by atoms with van der Waals surface area (Å²) in [6, 6.07) is 0. The first-order chi connectivity index (χ1) is 16.6. The molecule has 6 nitrogen and oxygen atoms in total. The molecule has 0 heterocycles. The molecule has 0 rings (SSSR count). The standard InChI is InChI=1S/3C10H20O2.Yb/c1-4-5-6-7-8-10(2,3)9(11)12;2*1-4-6-7-8-10(3,5-2)9(11)12;/h3*4-8H2,1-3H3,(H,11,12);/q;;;+3/p-3. The van der Waals surface area contributed by atoms with Gasteiger partial charge in [0.15, 0.2) is 0 Å². The molecule has 0 N–H and O–H groups in total. The van der Waals surface area contributed by atoms with Crippen LogP contribution in [0.25, 0.3) is 0 Å². The largest absolute Gasteiger partial charge is 3.00 e. The minimum Gasteiger partial charge on any atom is -0.550 e. The van der Waals surface area contributed by atoms with Crippen molar-refractivity contribution in [2.75, 3.05) is 0 Å². The van der Waals surface area contributed by atoms with Gasteiger partial charge in [-0.2, -0.15) is 0 Å².